The Hall–Kier alpha value is -4.21. The highest BCUT2D eigenvalue weighted by atomic mass is 32.1. The number of ether oxygens (including phenoxy) is 1. The first-order valence-corrected chi connectivity index (χ1v) is 11.8. The van der Waals surface area contributed by atoms with Gasteiger partial charge in [0.2, 0.25) is 5.91 Å². The topological polar surface area (TPSA) is 91.7 Å². The largest absolute Gasteiger partial charge is 0.508 e. The second-order valence-corrected chi connectivity index (χ2v) is 8.73. The number of rotatable bonds is 7. The van der Waals surface area contributed by atoms with Gasteiger partial charge in [-0.05, 0) is 85.0 Å². The molecule has 0 bridgehead atoms. The van der Waals surface area contributed by atoms with E-state index in [1.807, 2.05) is 66.9 Å². The van der Waals surface area contributed by atoms with Crippen LogP contribution in [-0.4, -0.2) is 39.4 Å². The number of anilines is 2. The molecule has 3 heterocycles. The predicted molar refractivity (Wildman–Crippen MR) is 142 cm³/mol. The number of thiocarbonyl (C=S) groups is 1. The van der Waals surface area contributed by atoms with Gasteiger partial charge in [0.1, 0.15) is 18.4 Å². The van der Waals surface area contributed by atoms with Crippen molar-refractivity contribution in [2.45, 2.75) is 12.1 Å². The number of methoxy groups -OCH3 is 1. The molecule has 0 saturated carbocycles. The highest BCUT2D eigenvalue weighted by molar-refractivity contribution is 7.80. The van der Waals surface area contributed by atoms with E-state index < -0.39 is 0 Å². The molecule has 0 unspecified atom stereocenters. The summed E-state index contributed by atoms with van der Waals surface area (Å²) in [6.07, 6.45) is 3.77. The molecule has 1 amide bonds. The fraction of sp³-hybridized carbons (Fsp3) is 0.148. The number of hydrogen-bond acceptors (Lipinski definition) is 5. The Morgan fingerprint density at radius 3 is 2.50 bits per heavy atom. The fourth-order valence-corrected chi connectivity index (χ4v) is 4.80. The van der Waals surface area contributed by atoms with Gasteiger partial charge in [0.05, 0.1) is 11.7 Å². The Kier molecular flexibility index (Phi) is 6.66. The van der Waals surface area contributed by atoms with Crippen LogP contribution in [0.15, 0.2) is 91.3 Å². The lowest BCUT2D eigenvalue weighted by molar-refractivity contribution is -0.119. The van der Waals surface area contributed by atoms with E-state index in [-0.39, 0.29) is 30.3 Å². The average Bonchev–Trinajstić information content (AvgIpc) is 3.50. The lowest BCUT2D eigenvalue weighted by Gasteiger charge is -2.29. The molecule has 8 nitrogen and oxygen atoms in total. The van der Waals surface area contributed by atoms with Crippen molar-refractivity contribution in [1.29, 1.82) is 0 Å². The SMILES string of the molecule is COCC(=O)Nc1ccc(N2C(=S)N[C@H](c3ccccn3)[C@H]2c2cccn2-c2ccc(O)cc2)cc1. The third kappa shape index (κ3) is 4.66. The summed E-state index contributed by atoms with van der Waals surface area (Å²) in [5.41, 5.74) is 4.33. The molecule has 0 aliphatic carbocycles. The van der Waals surface area contributed by atoms with Gasteiger partial charge in [0.25, 0.3) is 0 Å². The molecule has 1 fully saturated rings. The highest BCUT2D eigenvalue weighted by Gasteiger charge is 2.42. The Balaban J connectivity index is 1.55. The van der Waals surface area contributed by atoms with Crippen LogP contribution in [0.2, 0.25) is 0 Å². The molecule has 3 N–H and O–H groups in total. The molecule has 1 aliphatic rings. The maximum Gasteiger partial charge on any atom is 0.250 e. The molecule has 2 aromatic heterocycles. The zero-order valence-corrected chi connectivity index (χ0v) is 20.4. The zero-order chi connectivity index (χ0) is 25.1. The van der Waals surface area contributed by atoms with E-state index in [1.165, 1.54) is 7.11 Å². The number of nitrogens with one attached hydrogen (secondary N) is 2. The van der Waals surface area contributed by atoms with Crippen molar-refractivity contribution < 1.29 is 14.6 Å². The lowest BCUT2D eigenvalue weighted by atomic mass is 10.0. The van der Waals surface area contributed by atoms with Gasteiger partial charge in [-0.15, -0.1) is 0 Å². The number of aromatic nitrogens is 2. The van der Waals surface area contributed by atoms with Crippen molar-refractivity contribution in [3.63, 3.8) is 0 Å². The first-order valence-electron chi connectivity index (χ1n) is 11.4. The van der Waals surface area contributed by atoms with E-state index in [9.17, 15) is 9.90 Å². The number of carbonyl (C=O) groups excluding carboxylic acids is 1. The molecule has 0 spiro atoms. The molecule has 1 aliphatic heterocycles. The van der Waals surface area contributed by atoms with Gasteiger partial charge in [-0.3, -0.25) is 9.78 Å². The minimum atomic E-state index is -0.219. The number of phenols is 1. The molecular weight excluding hydrogens is 474 g/mol. The molecule has 0 radical (unpaired) electrons. The summed E-state index contributed by atoms with van der Waals surface area (Å²) >= 11 is 5.82. The molecule has 2 atom stereocenters. The predicted octanol–water partition coefficient (Wildman–Crippen LogP) is 4.34. The fourth-order valence-electron chi connectivity index (χ4n) is 4.45. The molecule has 1 saturated heterocycles. The van der Waals surface area contributed by atoms with Crippen molar-refractivity contribution in [2.24, 2.45) is 0 Å². The second-order valence-electron chi connectivity index (χ2n) is 8.34. The minimum Gasteiger partial charge on any atom is -0.508 e. The minimum absolute atomic E-state index is 0.00996. The number of hydrogen-bond donors (Lipinski definition) is 3. The number of benzene rings is 2. The smallest absolute Gasteiger partial charge is 0.250 e. The molecule has 36 heavy (non-hydrogen) atoms. The van der Waals surface area contributed by atoms with Gasteiger partial charge in [0, 0.05) is 42.3 Å². The Labute approximate surface area is 214 Å². The van der Waals surface area contributed by atoms with Crippen LogP contribution >= 0.6 is 12.2 Å². The van der Waals surface area contributed by atoms with Crippen LogP contribution in [0.4, 0.5) is 11.4 Å². The van der Waals surface area contributed by atoms with Crippen LogP contribution in [0, 0.1) is 0 Å². The standard InChI is InChI=1S/C27H25N5O3S/c1-35-17-24(34)29-18-7-9-20(10-8-18)32-26(25(30-27(32)36)22-5-2-3-15-28-22)23-6-4-16-31(23)19-11-13-21(33)14-12-19/h2-16,25-26,33H,17H2,1H3,(H,29,34)(H,30,36)/t25-,26-/m1/s1. The maximum absolute atomic E-state index is 11.9. The molecule has 9 heteroatoms. The van der Waals surface area contributed by atoms with Gasteiger partial charge < -0.3 is 29.9 Å². The van der Waals surface area contributed by atoms with Crippen molar-refractivity contribution in [3.05, 3.63) is 103 Å². The van der Waals surface area contributed by atoms with E-state index >= 15 is 0 Å². The number of phenolic OH excluding ortho intramolecular Hbond substituents is 1. The summed E-state index contributed by atoms with van der Waals surface area (Å²) in [5, 5.41) is 16.6. The normalized spacial score (nSPS) is 17.1. The molecule has 2 aromatic carbocycles. The van der Waals surface area contributed by atoms with E-state index in [1.54, 1.807) is 18.3 Å². The Bertz CT molecular complexity index is 1360. The molecule has 4 aromatic rings. The summed E-state index contributed by atoms with van der Waals surface area (Å²) in [6.45, 7) is -0.00996. The van der Waals surface area contributed by atoms with Gasteiger partial charge in [-0.1, -0.05) is 6.07 Å². The van der Waals surface area contributed by atoms with Gasteiger partial charge in [-0.25, -0.2) is 0 Å². The van der Waals surface area contributed by atoms with Gasteiger partial charge >= 0.3 is 0 Å². The number of aromatic hydroxyl groups is 1. The molecule has 5 rings (SSSR count). The summed E-state index contributed by atoms with van der Waals surface area (Å²) in [4.78, 5) is 18.6. The Morgan fingerprint density at radius 2 is 1.81 bits per heavy atom. The zero-order valence-electron chi connectivity index (χ0n) is 19.5. The van der Waals surface area contributed by atoms with Crippen molar-refractivity contribution in [3.8, 4) is 11.4 Å². The van der Waals surface area contributed by atoms with E-state index in [0.29, 0.717) is 10.8 Å². The monoisotopic (exact) mass is 499 g/mol. The third-order valence-corrected chi connectivity index (χ3v) is 6.33. The van der Waals surface area contributed by atoms with E-state index in [4.69, 9.17) is 17.0 Å². The van der Waals surface area contributed by atoms with Crippen molar-refractivity contribution >= 4 is 34.6 Å². The Morgan fingerprint density at radius 1 is 1.06 bits per heavy atom. The summed E-state index contributed by atoms with van der Waals surface area (Å²) in [6, 6.07) is 24.1. The van der Waals surface area contributed by atoms with Crippen molar-refractivity contribution in [2.75, 3.05) is 23.9 Å². The van der Waals surface area contributed by atoms with Gasteiger partial charge in [0.15, 0.2) is 5.11 Å². The quantitative estimate of drug-likeness (QED) is 0.326. The summed E-state index contributed by atoms with van der Waals surface area (Å²) < 4.78 is 6.98. The number of nitrogens with zero attached hydrogens (tertiary/aromatic N) is 3. The van der Waals surface area contributed by atoms with Crippen molar-refractivity contribution in [1.82, 2.24) is 14.9 Å². The summed E-state index contributed by atoms with van der Waals surface area (Å²) in [5.74, 6) is -0.00902. The van der Waals surface area contributed by atoms with E-state index in [0.717, 1.165) is 22.8 Å². The molecule has 182 valence electrons. The summed E-state index contributed by atoms with van der Waals surface area (Å²) in [7, 11) is 1.48. The third-order valence-electron chi connectivity index (χ3n) is 6.01. The first-order chi connectivity index (χ1) is 17.5. The average molecular weight is 500 g/mol. The highest BCUT2D eigenvalue weighted by Crippen LogP contribution is 2.42. The van der Waals surface area contributed by atoms with Crippen LogP contribution < -0.4 is 15.5 Å². The number of carbonyl (C=O) groups is 1. The first kappa shape index (κ1) is 23.5. The van der Waals surface area contributed by atoms with Gasteiger partial charge in [-0.2, -0.15) is 0 Å². The van der Waals surface area contributed by atoms with E-state index in [2.05, 4.69) is 31.2 Å². The van der Waals surface area contributed by atoms with Crippen LogP contribution in [-0.2, 0) is 9.53 Å². The van der Waals surface area contributed by atoms with Crippen LogP contribution in [0.1, 0.15) is 23.5 Å². The maximum atomic E-state index is 11.9. The lowest BCUT2D eigenvalue weighted by Crippen LogP contribution is -2.30. The van der Waals surface area contributed by atoms with Crippen LogP contribution in [0.25, 0.3) is 5.69 Å². The number of amides is 1. The molecular formula is C27H25N5O3S. The number of pyridine rings is 1. The second kappa shape index (κ2) is 10.2. The van der Waals surface area contributed by atoms with Crippen LogP contribution in [0.3, 0.4) is 0 Å². The van der Waals surface area contributed by atoms with Crippen LogP contribution in [0.5, 0.6) is 5.75 Å².